The van der Waals surface area contributed by atoms with Gasteiger partial charge in [0.1, 0.15) is 11.6 Å². The third-order valence-corrected chi connectivity index (χ3v) is 4.77. The van der Waals surface area contributed by atoms with E-state index in [0.717, 1.165) is 12.1 Å². The summed E-state index contributed by atoms with van der Waals surface area (Å²) < 4.78 is 19.2. The summed E-state index contributed by atoms with van der Waals surface area (Å²) in [4.78, 5) is 24.5. The van der Waals surface area contributed by atoms with Crippen LogP contribution in [0.5, 0.6) is 5.75 Å². The highest BCUT2D eigenvalue weighted by Gasteiger charge is 2.49. The molecule has 5 N–H and O–H groups in total. The minimum atomic E-state index is -2.15. The molecule has 0 radical (unpaired) electrons. The van der Waals surface area contributed by atoms with Crippen molar-refractivity contribution in [2.45, 2.75) is 18.8 Å². The molecule has 2 aromatic carbocycles. The second kappa shape index (κ2) is 5.33. The van der Waals surface area contributed by atoms with Crippen LogP contribution in [-0.4, -0.2) is 23.0 Å². The van der Waals surface area contributed by atoms with Crippen LogP contribution in [0.1, 0.15) is 28.4 Å². The van der Waals surface area contributed by atoms with Crippen molar-refractivity contribution in [3.8, 4) is 5.75 Å². The lowest BCUT2D eigenvalue weighted by Crippen LogP contribution is -2.40. The molecule has 0 aliphatic carbocycles. The predicted molar refractivity (Wildman–Crippen MR) is 91.4 cm³/mol. The highest BCUT2D eigenvalue weighted by molar-refractivity contribution is 6.31. The Balaban J connectivity index is 1.99. The first-order valence-corrected chi connectivity index (χ1v) is 8.05. The summed E-state index contributed by atoms with van der Waals surface area (Å²) in [6, 6.07) is 4.78. The molecule has 2 aromatic rings. The van der Waals surface area contributed by atoms with Crippen LogP contribution in [0.4, 0.5) is 15.8 Å². The predicted octanol–water partition coefficient (Wildman–Crippen LogP) is 1.72. The molecule has 0 bridgehead atoms. The van der Waals surface area contributed by atoms with Gasteiger partial charge < -0.3 is 26.2 Å². The van der Waals surface area contributed by atoms with Crippen LogP contribution in [-0.2, 0) is 10.5 Å². The number of halogens is 2. The molecule has 2 aliphatic rings. The van der Waals surface area contributed by atoms with E-state index in [9.17, 15) is 19.1 Å². The maximum absolute atomic E-state index is 13.7. The summed E-state index contributed by atoms with van der Waals surface area (Å²) in [6.45, 7) is 1.55. The van der Waals surface area contributed by atoms with Gasteiger partial charge in [0.05, 0.1) is 11.3 Å². The third-order valence-electron chi connectivity index (χ3n) is 4.44. The number of nitrogen functional groups attached to an aromatic ring is 1. The molecule has 0 fully saturated rings. The van der Waals surface area contributed by atoms with Gasteiger partial charge in [-0.15, -0.1) is 0 Å². The summed E-state index contributed by atoms with van der Waals surface area (Å²) in [6.07, 6.45) is -0.763. The van der Waals surface area contributed by atoms with Crippen molar-refractivity contribution in [2.75, 3.05) is 11.1 Å². The number of hydrogen-bond acceptors (Lipinski definition) is 5. The largest absolute Gasteiger partial charge is 0.479 e. The fourth-order valence-corrected chi connectivity index (χ4v) is 3.50. The van der Waals surface area contributed by atoms with Crippen molar-refractivity contribution in [1.29, 1.82) is 0 Å². The standard InChI is InChI=1S/C17H13ClFN3O4/c1-6-15(23)21-14-11(26-6)5-10(20)13-12(14)16(24)22-17(13,25)8-4-7(19)2-3-9(8)18/h2-6,25H,20H2,1H3,(H,21,23)(H,22,24). The SMILES string of the molecule is CC1Oc2cc(N)c3c(c2NC1=O)C(=O)NC3(O)c1cc(F)ccc1Cl. The van der Waals surface area contributed by atoms with Gasteiger partial charge in [0.15, 0.2) is 11.8 Å². The summed E-state index contributed by atoms with van der Waals surface area (Å²) in [5, 5.41) is 16.2. The van der Waals surface area contributed by atoms with Crippen LogP contribution in [0.3, 0.4) is 0 Å². The van der Waals surface area contributed by atoms with E-state index in [2.05, 4.69) is 10.6 Å². The Bertz CT molecular complexity index is 996. The van der Waals surface area contributed by atoms with Crippen LogP contribution in [0.2, 0.25) is 5.02 Å². The maximum Gasteiger partial charge on any atom is 0.265 e. The van der Waals surface area contributed by atoms with Gasteiger partial charge in [-0.1, -0.05) is 11.6 Å². The summed E-state index contributed by atoms with van der Waals surface area (Å²) in [5.74, 6) is -1.60. The van der Waals surface area contributed by atoms with Crippen LogP contribution >= 0.6 is 11.6 Å². The molecule has 2 unspecified atom stereocenters. The average molecular weight is 378 g/mol. The van der Waals surface area contributed by atoms with Gasteiger partial charge in [0, 0.05) is 27.9 Å². The Hall–Kier alpha value is -2.84. The van der Waals surface area contributed by atoms with Crippen molar-refractivity contribution in [2.24, 2.45) is 0 Å². The highest BCUT2D eigenvalue weighted by atomic mass is 35.5. The number of carbonyl (C=O) groups is 2. The van der Waals surface area contributed by atoms with Crippen molar-refractivity contribution >= 4 is 34.8 Å². The number of hydrogen-bond donors (Lipinski definition) is 4. The van der Waals surface area contributed by atoms with Crippen molar-refractivity contribution in [3.63, 3.8) is 0 Å². The number of fused-ring (bicyclic) bond motifs is 3. The molecule has 2 amide bonds. The Kier molecular flexibility index (Phi) is 3.40. The molecule has 0 spiro atoms. The normalized spacial score (nSPS) is 23.6. The minimum Gasteiger partial charge on any atom is -0.479 e. The topological polar surface area (TPSA) is 114 Å². The van der Waals surface area contributed by atoms with Gasteiger partial charge in [-0.3, -0.25) is 9.59 Å². The number of carbonyl (C=O) groups excluding carboxylic acids is 2. The molecule has 26 heavy (non-hydrogen) atoms. The van der Waals surface area contributed by atoms with Crippen LogP contribution in [0.25, 0.3) is 0 Å². The summed E-state index contributed by atoms with van der Waals surface area (Å²) in [7, 11) is 0. The number of amides is 2. The number of benzene rings is 2. The molecule has 7 nitrogen and oxygen atoms in total. The van der Waals surface area contributed by atoms with Crippen LogP contribution < -0.4 is 21.1 Å². The Morgan fingerprint density at radius 1 is 1.35 bits per heavy atom. The number of aliphatic hydroxyl groups is 1. The number of nitrogens with two attached hydrogens (primary N) is 1. The lowest BCUT2D eigenvalue weighted by atomic mass is 9.91. The molecule has 2 heterocycles. The van der Waals surface area contributed by atoms with Gasteiger partial charge >= 0.3 is 0 Å². The van der Waals surface area contributed by atoms with Gasteiger partial charge in [0.25, 0.3) is 11.8 Å². The van der Waals surface area contributed by atoms with Crippen molar-refractivity contribution in [3.05, 3.63) is 51.8 Å². The highest BCUT2D eigenvalue weighted by Crippen LogP contribution is 2.48. The number of nitrogens with one attached hydrogen (secondary N) is 2. The zero-order chi connectivity index (χ0) is 18.8. The smallest absolute Gasteiger partial charge is 0.265 e. The van der Waals surface area contributed by atoms with E-state index in [1.807, 2.05) is 0 Å². The summed E-state index contributed by atoms with van der Waals surface area (Å²) in [5.41, 5.74) is 3.88. The zero-order valence-electron chi connectivity index (χ0n) is 13.4. The van der Waals surface area contributed by atoms with Gasteiger partial charge in [-0.25, -0.2) is 4.39 Å². The van der Waals surface area contributed by atoms with E-state index in [-0.39, 0.29) is 38.8 Å². The van der Waals surface area contributed by atoms with E-state index in [1.165, 1.54) is 12.1 Å². The van der Waals surface area contributed by atoms with Gasteiger partial charge in [0.2, 0.25) is 0 Å². The molecular formula is C17H13ClFN3O4. The molecule has 134 valence electrons. The van der Waals surface area contributed by atoms with Gasteiger partial charge in [-0.2, -0.15) is 0 Å². The Morgan fingerprint density at radius 3 is 2.81 bits per heavy atom. The molecule has 2 atom stereocenters. The van der Waals surface area contributed by atoms with Crippen LogP contribution in [0.15, 0.2) is 24.3 Å². The fraction of sp³-hybridized carbons (Fsp3) is 0.176. The molecule has 9 heteroatoms. The van der Waals surface area contributed by atoms with E-state index in [1.54, 1.807) is 6.92 Å². The van der Waals surface area contributed by atoms with E-state index < -0.39 is 29.5 Å². The first-order valence-electron chi connectivity index (χ1n) is 7.67. The molecule has 2 aliphatic heterocycles. The third kappa shape index (κ3) is 2.16. The van der Waals surface area contributed by atoms with E-state index in [0.29, 0.717) is 0 Å². The second-order valence-electron chi connectivity index (χ2n) is 6.13. The Morgan fingerprint density at radius 2 is 2.08 bits per heavy atom. The number of ether oxygens (including phenoxy) is 1. The maximum atomic E-state index is 13.7. The molecule has 0 aromatic heterocycles. The Labute approximate surface area is 151 Å². The fourth-order valence-electron chi connectivity index (χ4n) is 3.25. The quantitative estimate of drug-likeness (QED) is 0.565. The zero-order valence-corrected chi connectivity index (χ0v) is 14.1. The van der Waals surface area contributed by atoms with Crippen LogP contribution in [0, 0.1) is 5.82 Å². The second-order valence-corrected chi connectivity index (χ2v) is 6.53. The van der Waals surface area contributed by atoms with Crippen molar-refractivity contribution in [1.82, 2.24) is 5.32 Å². The lowest BCUT2D eigenvalue weighted by Gasteiger charge is -2.29. The first kappa shape index (κ1) is 16.6. The monoisotopic (exact) mass is 377 g/mol. The minimum absolute atomic E-state index is 0.0211. The molecule has 4 rings (SSSR count). The average Bonchev–Trinajstić information content (AvgIpc) is 2.84. The number of rotatable bonds is 1. The van der Waals surface area contributed by atoms with E-state index in [4.69, 9.17) is 22.1 Å². The lowest BCUT2D eigenvalue weighted by molar-refractivity contribution is -0.122. The first-order chi connectivity index (χ1) is 12.2. The molecular weight excluding hydrogens is 365 g/mol. The summed E-state index contributed by atoms with van der Waals surface area (Å²) >= 11 is 6.10. The van der Waals surface area contributed by atoms with Gasteiger partial charge in [-0.05, 0) is 25.1 Å². The molecule has 0 saturated heterocycles. The van der Waals surface area contributed by atoms with E-state index >= 15 is 0 Å². The molecule has 0 saturated carbocycles. The van der Waals surface area contributed by atoms with Crippen molar-refractivity contribution < 1.29 is 23.8 Å². The number of anilines is 2.